The Morgan fingerprint density at radius 3 is 2.69 bits per heavy atom. The maximum Gasteiger partial charge on any atom is 0.302 e. The van der Waals surface area contributed by atoms with E-state index < -0.39 is 23.5 Å². The van der Waals surface area contributed by atoms with Gasteiger partial charge in [0.15, 0.2) is 17.3 Å². The average molecular weight is 490 g/mol. The first-order valence-corrected chi connectivity index (χ1v) is 11.1. The number of nitrogens with one attached hydrogen (secondary N) is 1. The summed E-state index contributed by atoms with van der Waals surface area (Å²) in [7, 11) is 0. The van der Waals surface area contributed by atoms with Gasteiger partial charge in [0.2, 0.25) is 5.91 Å². The van der Waals surface area contributed by atoms with Crippen molar-refractivity contribution in [3.8, 4) is 11.3 Å². The molecule has 5 aromatic rings. The molecule has 5 rings (SSSR count). The number of carbonyl (C=O) groups excluding carboxylic acids is 2. The molecule has 0 saturated carbocycles. The molecule has 0 unspecified atom stereocenters. The predicted octanol–water partition coefficient (Wildman–Crippen LogP) is 3.77. The fourth-order valence-corrected chi connectivity index (χ4v) is 3.87. The van der Waals surface area contributed by atoms with Crippen molar-refractivity contribution in [1.29, 1.82) is 0 Å². The molecular formula is C25H20F2N6O3. The largest absolute Gasteiger partial charge is 0.464 e. The number of hydrogen-bond donors (Lipinski definition) is 1. The van der Waals surface area contributed by atoms with Gasteiger partial charge in [-0.25, -0.2) is 23.0 Å². The van der Waals surface area contributed by atoms with Crippen molar-refractivity contribution in [1.82, 2.24) is 24.4 Å². The predicted molar refractivity (Wildman–Crippen MR) is 127 cm³/mol. The summed E-state index contributed by atoms with van der Waals surface area (Å²) < 4.78 is 36.6. The van der Waals surface area contributed by atoms with Crippen molar-refractivity contribution in [2.24, 2.45) is 0 Å². The quantitative estimate of drug-likeness (QED) is 0.349. The van der Waals surface area contributed by atoms with Crippen molar-refractivity contribution in [2.75, 3.05) is 11.9 Å². The first-order chi connectivity index (χ1) is 17.4. The Balaban J connectivity index is 1.52. The number of halogens is 2. The standard InChI is InChI=1S/C25H20F2N6O3/c1-15(34)36-11-10-33-25-18(24(31-33)29-22(35)12-16-5-7-17(26)8-6-16)13-20(27)23(30-25)19-14-28-32-9-3-2-4-21(19)32/h2-9,13-14H,10-12H2,1H3,(H,29,31,35). The Kier molecular flexibility index (Phi) is 6.11. The van der Waals surface area contributed by atoms with E-state index in [1.807, 2.05) is 12.1 Å². The van der Waals surface area contributed by atoms with Gasteiger partial charge < -0.3 is 10.1 Å². The molecule has 9 nitrogen and oxygen atoms in total. The fraction of sp³-hybridized carbons (Fsp3) is 0.160. The van der Waals surface area contributed by atoms with E-state index in [-0.39, 0.29) is 36.5 Å². The SMILES string of the molecule is CC(=O)OCCn1nc(NC(=O)Cc2ccc(F)cc2)c2cc(F)c(-c3cnn4ccccc34)nc21. The molecule has 4 heterocycles. The van der Waals surface area contributed by atoms with Crippen LogP contribution in [0.4, 0.5) is 14.6 Å². The Bertz CT molecular complexity index is 1590. The minimum Gasteiger partial charge on any atom is -0.464 e. The number of rotatable bonds is 7. The molecule has 0 fully saturated rings. The van der Waals surface area contributed by atoms with Crippen LogP contribution >= 0.6 is 0 Å². The lowest BCUT2D eigenvalue weighted by atomic mass is 10.1. The van der Waals surface area contributed by atoms with Crippen LogP contribution in [0.2, 0.25) is 0 Å². The number of nitrogens with zero attached hydrogens (tertiary/aromatic N) is 5. The third-order valence-electron chi connectivity index (χ3n) is 5.50. The summed E-state index contributed by atoms with van der Waals surface area (Å²) in [4.78, 5) is 28.4. The number of fused-ring (bicyclic) bond motifs is 2. The van der Waals surface area contributed by atoms with Gasteiger partial charge in [0.05, 0.1) is 30.1 Å². The summed E-state index contributed by atoms with van der Waals surface area (Å²) in [6.45, 7) is 1.44. The van der Waals surface area contributed by atoms with E-state index in [4.69, 9.17) is 4.74 Å². The van der Waals surface area contributed by atoms with Crippen LogP contribution in [0.1, 0.15) is 12.5 Å². The topological polar surface area (TPSA) is 103 Å². The number of amides is 1. The van der Waals surface area contributed by atoms with E-state index in [0.29, 0.717) is 22.3 Å². The molecule has 0 bridgehead atoms. The molecule has 0 saturated heterocycles. The van der Waals surface area contributed by atoms with E-state index in [2.05, 4.69) is 20.5 Å². The van der Waals surface area contributed by atoms with Gasteiger partial charge in [-0.05, 0) is 35.9 Å². The Labute approximate surface area is 203 Å². The maximum atomic E-state index is 15.3. The van der Waals surface area contributed by atoms with Crippen LogP contribution in [0.5, 0.6) is 0 Å². The summed E-state index contributed by atoms with van der Waals surface area (Å²) >= 11 is 0. The average Bonchev–Trinajstić information content (AvgIpc) is 3.41. The second-order valence-electron chi connectivity index (χ2n) is 8.04. The first kappa shape index (κ1) is 23.1. The lowest BCUT2D eigenvalue weighted by Crippen LogP contribution is -2.15. The molecule has 0 atom stereocenters. The van der Waals surface area contributed by atoms with Crippen LogP contribution in [0.25, 0.3) is 27.8 Å². The number of esters is 1. The van der Waals surface area contributed by atoms with Crippen LogP contribution in [-0.2, 0) is 27.3 Å². The van der Waals surface area contributed by atoms with Gasteiger partial charge in [-0.1, -0.05) is 18.2 Å². The Hall–Kier alpha value is -4.67. The summed E-state index contributed by atoms with van der Waals surface area (Å²) in [5.74, 6) is -1.78. The number of hydrogen-bond acceptors (Lipinski definition) is 6. The number of anilines is 1. The number of pyridine rings is 2. The molecule has 4 aromatic heterocycles. The van der Waals surface area contributed by atoms with Crippen molar-refractivity contribution in [2.45, 2.75) is 19.9 Å². The molecule has 1 N–H and O–H groups in total. The highest BCUT2D eigenvalue weighted by Gasteiger charge is 2.21. The van der Waals surface area contributed by atoms with E-state index in [1.54, 1.807) is 16.8 Å². The number of ether oxygens (including phenoxy) is 1. The summed E-state index contributed by atoms with van der Waals surface area (Å²) in [6, 6.07) is 12.2. The van der Waals surface area contributed by atoms with Crippen molar-refractivity contribution in [3.05, 3.63) is 78.1 Å². The highest BCUT2D eigenvalue weighted by Crippen LogP contribution is 2.31. The first-order valence-electron chi connectivity index (χ1n) is 11.1. The second kappa shape index (κ2) is 9.53. The van der Waals surface area contributed by atoms with Crippen molar-refractivity contribution >= 4 is 34.2 Å². The van der Waals surface area contributed by atoms with Crippen molar-refractivity contribution in [3.63, 3.8) is 0 Å². The molecule has 0 aliphatic heterocycles. The van der Waals surface area contributed by atoms with E-state index in [9.17, 15) is 14.0 Å². The lowest BCUT2D eigenvalue weighted by Gasteiger charge is -2.05. The lowest BCUT2D eigenvalue weighted by molar-refractivity contribution is -0.141. The van der Waals surface area contributed by atoms with Gasteiger partial charge in [-0.3, -0.25) is 9.59 Å². The van der Waals surface area contributed by atoms with Gasteiger partial charge >= 0.3 is 5.97 Å². The highest BCUT2D eigenvalue weighted by molar-refractivity contribution is 6.00. The van der Waals surface area contributed by atoms with Crippen LogP contribution < -0.4 is 5.32 Å². The molecule has 0 aliphatic rings. The van der Waals surface area contributed by atoms with Crippen LogP contribution in [0.3, 0.4) is 0 Å². The zero-order valence-electron chi connectivity index (χ0n) is 19.1. The molecule has 11 heteroatoms. The van der Waals surface area contributed by atoms with Crippen molar-refractivity contribution < 1.29 is 23.1 Å². The minimum absolute atomic E-state index is 0.0141. The smallest absolute Gasteiger partial charge is 0.302 e. The molecular weight excluding hydrogens is 470 g/mol. The van der Waals surface area contributed by atoms with Crippen LogP contribution in [0, 0.1) is 11.6 Å². The molecule has 1 aromatic carbocycles. The summed E-state index contributed by atoms with van der Waals surface area (Å²) in [5, 5.41) is 11.6. The third-order valence-corrected chi connectivity index (χ3v) is 5.50. The van der Waals surface area contributed by atoms with E-state index in [1.165, 1.54) is 48.1 Å². The molecule has 36 heavy (non-hydrogen) atoms. The fourth-order valence-electron chi connectivity index (χ4n) is 3.87. The van der Waals surface area contributed by atoms with Crippen LogP contribution in [-0.4, -0.2) is 42.9 Å². The van der Waals surface area contributed by atoms with Gasteiger partial charge in [-0.2, -0.15) is 10.2 Å². The van der Waals surface area contributed by atoms with E-state index in [0.717, 1.165) is 0 Å². The van der Waals surface area contributed by atoms with Gasteiger partial charge in [0.25, 0.3) is 0 Å². The zero-order chi connectivity index (χ0) is 25.2. The molecule has 182 valence electrons. The molecule has 0 radical (unpaired) electrons. The summed E-state index contributed by atoms with van der Waals surface area (Å²) in [5.41, 5.74) is 2.13. The number of carbonyl (C=O) groups is 2. The minimum atomic E-state index is -0.616. The molecule has 1 amide bonds. The third kappa shape index (κ3) is 4.63. The van der Waals surface area contributed by atoms with Gasteiger partial charge in [0, 0.05) is 18.7 Å². The van der Waals surface area contributed by atoms with Gasteiger partial charge in [0.1, 0.15) is 18.1 Å². The number of aromatic nitrogens is 5. The Morgan fingerprint density at radius 2 is 1.92 bits per heavy atom. The molecule has 0 spiro atoms. The maximum absolute atomic E-state index is 15.3. The zero-order valence-corrected chi connectivity index (χ0v) is 19.1. The summed E-state index contributed by atoms with van der Waals surface area (Å²) in [6.07, 6.45) is 3.24. The van der Waals surface area contributed by atoms with Crippen LogP contribution in [0.15, 0.2) is 60.9 Å². The monoisotopic (exact) mass is 490 g/mol. The second-order valence-corrected chi connectivity index (χ2v) is 8.04. The number of benzene rings is 1. The van der Waals surface area contributed by atoms with Gasteiger partial charge in [-0.15, -0.1) is 0 Å². The molecule has 0 aliphatic carbocycles. The van der Waals surface area contributed by atoms with E-state index >= 15 is 4.39 Å². The normalized spacial score (nSPS) is 11.2. The Morgan fingerprint density at radius 1 is 1.11 bits per heavy atom. The highest BCUT2D eigenvalue weighted by atomic mass is 19.1.